The topological polar surface area (TPSA) is 100 Å². The first-order valence-electron chi connectivity index (χ1n) is 15.0. The summed E-state index contributed by atoms with van der Waals surface area (Å²) >= 11 is 0. The highest BCUT2D eigenvalue weighted by molar-refractivity contribution is 5.86. The van der Waals surface area contributed by atoms with Gasteiger partial charge in [-0.1, -0.05) is 6.07 Å². The van der Waals surface area contributed by atoms with Crippen LogP contribution in [0.25, 0.3) is 22.3 Å². The van der Waals surface area contributed by atoms with Gasteiger partial charge in [0.05, 0.1) is 16.7 Å². The number of nitrogens with one attached hydrogen (secondary N) is 1. The molecular formula is C31H29F8N7O2. The molecule has 0 bridgehead atoms. The third-order valence-electron chi connectivity index (χ3n) is 8.81. The van der Waals surface area contributed by atoms with Crippen LogP contribution in [0, 0.1) is 5.41 Å². The molecule has 2 fully saturated rings. The maximum atomic E-state index is 13.4. The van der Waals surface area contributed by atoms with E-state index < -0.39 is 42.1 Å². The molecule has 17 heteroatoms. The number of piperazine rings is 1. The zero-order chi connectivity index (χ0) is 34.5. The van der Waals surface area contributed by atoms with E-state index in [-0.39, 0.29) is 37.7 Å². The number of carbonyl (C=O) groups excluding carboxylic acids is 1. The fourth-order valence-corrected chi connectivity index (χ4v) is 5.72. The molecule has 1 saturated carbocycles. The van der Waals surface area contributed by atoms with Crippen molar-refractivity contribution < 1.29 is 44.7 Å². The molecule has 3 aromatic heterocycles. The highest BCUT2D eigenvalue weighted by atomic mass is 19.4. The number of benzene rings is 1. The van der Waals surface area contributed by atoms with Crippen molar-refractivity contribution >= 4 is 16.9 Å². The number of hydrogen-bond acceptors (Lipinski definition) is 7. The number of carbonyl (C=O) groups is 1. The van der Waals surface area contributed by atoms with Gasteiger partial charge in [-0.25, -0.2) is 15.0 Å². The minimum Gasteiger partial charge on any atom is -0.471 e. The minimum atomic E-state index is -5.76. The lowest BCUT2D eigenvalue weighted by atomic mass is 10.0. The molecule has 1 amide bonds. The third-order valence-corrected chi connectivity index (χ3v) is 8.81. The summed E-state index contributed by atoms with van der Waals surface area (Å²) in [6.45, 7) is 1.37. The molecular weight excluding hydrogens is 654 g/mol. The lowest BCUT2D eigenvalue weighted by Crippen LogP contribution is -2.53. The summed E-state index contributed by atoms with van der Waals surface area (Å²) in [6.07, 6.45) is -7.60. The second kappa shape index (κ2) is 12.2. The first-order valence-corrected chi connectivity index (χ1v) is 15.0. The standard InChI is InChI=1S/C31H29F8N7O2/c1-18(45-8-10-46(11-9-45)27(47)28(5-6-28)30(34,35)36)19-4-7-40-21(12-19)14-25-43-22-3-2-20(13-24(22)44-25)23-15-26(42-17-41-23)48-16-29(32,33)31(37,38)39/h2-4,7,12-13,15,17-18H,5-6,8-11,14,16H2,1H3,(H,43,44). The number of nitrogens with zero attached hydrogens (tertiary/aromatic N) is 6. The first-order chi connectivity index (χ1) is 22.6. The van der Waals surface area contributed by atoms with Gasteiger partial charge in [-0.2, -0.15) is 35.1 Å². The predicted molar refractivity (Wildman–Crippen MR) is 155 cm³/mol. The van der Waals surface area contributed by atoms with Gasteiger partial charge >= 0.3 is 18.3 Å². The van der Waals surface area contributed by atoms with Crippen LogP contribution >= 0.6 is 0 Å². The quantitative estimate of drug-likeness (QED) is 0.212. The highest BCUT2D eigenvalue weighted by Gasteiger charge is 2.69. The molecule has 48 heavy (non-hydrogen) atoms. The monoisotopic (exact) mass is 683 g/mol. The molecule has 1 aliphatic heterocycles. The van der Waals surface area contributed by atoms with Crippen molar-refractivity contribution in [3.8, 4) is 17.1 Å². The van der Waals surface area contributed by atoms with Crippen molar-refractivity contribution in [3.05, 3.63) is 66.0 Å². The molecule has 1 aliphatic carbocycles. The van der Waals surface area contributed by atoms with Crippen molar-refractivity contribution in [2.45, 2.75) is 50.5 Å². The van der Waals surface area contributed by atoms with Gasteiger partial charge in [-0.15, -0.1) is 0 Å². The van der Waals surface area contributed by atoms with Crippen molar-refractivity contribution in [3.63, 3.8) is 0 Å². The van der Waals surface area contributed by atoms with Gasteiger partial charge in [0.2, 0.25) is 11.8 Å². The molecule has 4 heterocycles. The Morgan fingerprint density at radius 2 is 1.69 bits per heavy atom. The summed E-state index contributed by atoms with van der Waals surface area (Å²) in [4.78, 5) is 36.1. The Morgan fingerprint density at radius 3 is 2.35 bits per heavy atom. The van der Waals surface area contributed by atoms with E-state index in [1.54, 1.807) is 24.4 Å². The fraction of sp³-hybridized carbons (Fsp3) is 0.452. The van der Waals surface area contributed by atoms with Crippen LogP contribution in [0.3, 0.4) is 0 Å². The average Bonchev–Trinajstić information content (AvgIpc) is 3.78. The molecule has 0 radical (unpaired) electrons. The van der Waals surface area contributed by atoms with Gasteiger partial charge in [0.1, 0.15) is 17.6 Å². The number of pyridine rings is 1. The van der Waals surface area contributed by atoms with E-state index >= 15 is 0 Å². The number of rotatable bonds is 9. The van der Waals surface area contributed by atoms with Gasteiger partial charge < -0.3 is 14.6 Å². The zero-order valence-corrected chi connectivity index (χ0v) is 25.4. The maximum absolute atomic E-state index is 13.4. The van der Waals surface area contributed by atoms with Crippen LogP contribution in [0.2, 0.25) is 0 Å². The number of alkyl halides is 8. The predicted octanol–water partition coefficient (Wildman–Crippen LogP) is 6.13. The maximum Gasteiger partial charge on any atom is 0.456 e. The van der Waals surface area contributed by atoms with E-state index in [2.05, 4.69) is 34.6 Å². The summed E-state index contributed by atoms with van der Waals surface area (Å²) in [5.74, 6) is -5.73. The van der Waals surface area contributed by atoms with E-state index in [4.69, 9.17) is 0 Å². The van der Waals surface area contributed by atoms with Crippen LogP contribution in [-0.4, -0.2) is 91.7 Å². The second-order valence-corrected chi connectivity index (χ2v) is 12.0. The summed E-state index contributed by atoms with van der Waals surface area (Å²) in [5, 5.41) is 0. The Hall–Kier alpha value is -4.41. The minimum absolute atomic E-state index is 0.0823. The highest BCUT2D eigenvalue weighted by Crippen LogP contribution is 2.58. The average molecular weight is 684 g/mol. The van der Waals surface area contributed by atoms with Crippen molar-refractivity contribution in [2.75, 3.05) is 32.8 Å². The number of hydrogen-bond donors (Lipinski definition) is 1. The Bertz CT molecular complexity index is 1800. The van der Waals surface area contributed by atoms with Gasteiger partial charge in [-0.3, -0.25) is 14.7 Å². The largest absolute Gasteiger partial charge is 0.471 e. The number of ether oxygens (including phenoxy) is 1. The normalized spacial score (nSPS) is 17.8. The molecule has 9 nitrogen and oxygen atoms in total. The van der Waals surface area contributed by atoms with Gasteiger partial charge in [0, 0.05) is 62.2 Å². The number of imidazole rings is 1. The van der Waals surface area contributed by atoms with Crippen molar-refractivity contribution in [2.24, 2.45) is 5.41 Å². The van der Waals surface area contributed by atoms with E-state index in [0.29, 0.717) is 47.6 Å². The SMILES string of the molecule is CC(c1ccnc(Cc2nc3ccc(-c4cc(OCC(F)(F)C(F)(F)F)ncn4)cc3[nH]2)c1)N1CCN(C(=O)C2(C(F)(F)F)CC2)CC1. The fourth-order valence-electron chi connectivity index (χ4n) is 5.72. The number of aromatic amines is 1. The van der Waals surface area contributed by atoms with Gasteiger partial charge in [-0.05, 0) is 49.6 Å². The molecule has 256 valence electrons. The van der Waals surface area contributed by atoms with Crippen molar-refractivity contribution in [1.82, 2.24) is 34.7 Å². The summed E-state index contributed by atoms with van der Waals surface area (Å²) in [5.41, 5.74) is 1.41. The molecule has 2 aliphatic rings. The van der Waals surface area contributed by atoms with Gasteiger partial charge in [0.15, 0.2) is 6.61 Å². The number of amides is 1. The van der Waals surface area contributed by atoms with Crippen molar-refractivity contribution in [1.29, 1.82) is 0 Å². The van der Waals surface area contributed by atoms with E-state index in [0.717, 1.165) is 18.0 Å². The third kappa shape index (κ3) is 6.64. The summed E-state index contributed by atoms with van der Waals surface area (Å²) in [6, 6.07) is 9.91. The Morgan fingerprint density at radius 1 is 0.958 bits per heavy atom. The van der Waals surface area contributed by atoms with Crippen LogP contribution < -0.4 is 4.74 Å². The Labute approximate surface area is 268 Å². The number of H-pyrrole nitrogens is 1. The molecule has 1 unspecified atom stereocenters. The van der Waals surface area contributed by atoms with Crippen LogP contribution in [0.5, 0.6) is 5.88 Å². The Balaban J connectivity index is 1.09. The lowest BCUT2D eigenvalue weighted by molar-refractivity contribution is -0.290. The molecule has 1 N–H and O–H groups in total. The molecule has 4 aromatic rings. The molecule has 1 aromatic carbocycles. The summed E-state index contributed by atoms with van der Waals surface area (Å²) in [7, 11) is 0. The number of fused-ring (bicyclic) bond motifs is 1. The van der Waals surface area contributed by atoms with E-state index in [1.165, 1.54) is 4.90 Å². The number of halogens is 8. The Kier molecular flexibility index (Phi) is 8.54. The molecule has 6 rings (SSSR count). The van der Waals surface area contributed by atoms with Crippen LogP contribution in [0.1, 0.15) is 42.9 Å². The smallest absolute Gasteiger partial charge is 0.456 e. The van der Waals surface area contributed by atoms with E-state index in [9.17, 15) is 39.9 Å². The molecule has 0 spiro atoms. The van der Waals surface area contributed by atoms with Gasteiger partial charge in [0.25, 0.3) is 0 Å². The molecule has 1 atom stereocenters. The summed E-state index contributed by atoms with van der Waals surface area (Å²) < 4.78 is 109. The lowest BCUT2D eigenvalue weighted by Gasteiger charge is -2.39. The first kappa shape index (κ1) is 33.5. The van der Waals surface area contributed by atoms with Crippen LogP contribution in [0.4, 0.5) is 35.1 Å². The number of aromatic nitrogens is 5. The van der Waals surface area contributed by atoms with E-state index in [1.807, 2.05) is 19.1 Å². The second-order valence-electron chi connectivity index (χ2n) is 12.0. The van der Waals surface area contributed by atoms with Crippen LogP contribution in [-0.2, 0) is 11.2 Å². The van der Waals surface area contributed by atoms with Crippen LogP contribution in [0.15, 0.2) is 48.9 Å². The molecule has 1 saturated heterocycles. The zero-order valence-electron chi connectivity index (χ0n) is 25.4.